The molecular weight excluding hydrogens is 382 g/mol. The Bertz CT molecular complexity index is 752. The van der Waals surface area contributed by atoms with E-state index >= 15 is 0 Å². The van der Waals surface area contributed by atoms with Gasteiger partial charge in [0.2, 0.25) is 0 Å². The second kappa shape index (κ2) is 9.11. The second-order valence-electron chi connectivity index (χ2n) is 8.58. The zero-order chi connectivity index (χ0) is 20.9. The molecule has 0 aliphatic carbocycles. The normalized spacial score (nSPS) is 20.2. The molecule has 156 valence electrons. The van der Waals surface area contributed by atoms with Crippen LogP contribution in [-0.4, -0.2) is 44.9 Å². The zero-order valence-corrected chi connectivity index (χ0v) is 18.4. The van der Waals surface area contributed by atoms with E-state index in [2.05, 4.69) is 74.6 Å². The number of benzene rings is 2. The van der Waals surface area contributed by atoms with Gasteiger partial charge in [-0.3, -0.25) is 0 Å². The molecule has 2 aromatic rings. The first-order valence-corrected chi connectivity index (χ1v) is 12.1. The largest absolute Gasteiger partial charge is 0.465 e. The maximum atomic E-state index is 11.2. The first kappa shape index (κ1) is 21.6. The molecule has 1 aliphatic heterocycles. The molecule has 3 rings (SSSR count). The van der Waals surface area contributed by atoms with Crippen LogP contribution in [0.2, 0.25) is 5.04 Å². The lowest BCUT2D eigenvalue weighted by atomic mass is 10.0. The van der Waals surface area contributed by atoms with Gasteiger partial charge in [-0.1, -0.05) is 81.4 Å². The Kier molecular flexibility index (Phi) is 6.77. The molecule has 2 unspecified atom stereocenters. The number of rotatable bonds is 6. The lowest BCUT2D eigenvalue weighted by Gasteiger charge is -2.44. The van der Waals surface area contributed by atoms with Crippen molar-refractivity contribution in [2.45, 2.75) is 50.8 Å². The number of amides is 1. The van der Waals surface area contributed by atoms with Crippen molar-refractivity contribution in [2.24, 2.45) is 0 Å². The first-order chi connectivity index (χ1) is 13.8. The van der Waals surface area contributed by atoms with Crippen LogP contribution in [0.1, 0.15) is 33.6 Å². The fourth-order valence-electron chi connectivity index (χ4n) is 4.30. The highest BCUT2D eigenvalue weighted by Gasteiger charge is 2.50. The Hall–Kier alpha value is -2.15. The number of nitrogens with one attached hydrogen (secondary N) is 1. The SMILES string of the molecule is CC(C)(C)[Si](OCC1OCCCC1NC(=O)O)(c1ccccc1)c1ccccc1. The lowest BCUT2D eigenvalue weighted by Crippen LogP contribution is -2.67. The summed E-state index contributed by atoms with van der Waals surface area (Å²) in [7, 11) is -2.66. The molecule has 0 bridgehead atoms. The minimum atomic E-state index is -2.66. The Labute approximate surface area is 174 Å². The van der Waals surface area contributed by atoms with E-state index in [1.165, 1.54) is 10.4 Å². The minimum Gasteiger partial charge on any atom is -0.465 e. The van der Waals surface area contributed by atoms with Crippen LogP contribution in [0.25, 0.3) is 0 Å². The van der Waals surface area contributed by atoms with Gasteiger partial charge in [0.15, 0.2) is 0 Å². The highest BCUT2D eigenvalue weighted by Crippen LogP contribution is 2.37. The van der Waals surface area contributed by atoms with Gasteiger partial charge in [0.25, 0.3) is 8.32 Å². The van der Waals surface area contributed by atoms with E-state index < -0.39 is 14.4 Å². The molecule has 1 amide bonds. The van der Waals surface area contributed by atoms with Crippen molar-refractivity contribution in [3.8, 4) is 0 Å². The molecule has 29 heavy (non-hydrogen) atoms. The van der Waals surface area contributed by atoms with Crippen molar-refractivity contribution < 1.29 is 19.1 Å². The van der Waals surface area contributed by atoms with E-state index in [4.69, 9.17) is 9.16 Å². The molecule has 2 atom stereocenters. The predicted molar refractivity (Wildman–Crippen MR) is 117 cm³/mol. The van der Waals surface area contributed by atoms with Gasteiger partial charge in [-0.25, -0.2) is 4.79 Å². The maximum Gasteiger partial charge on any atom is 0.404 e. The van der Waals surface area contributed by atoms with Crippen molar-refractivity contribution >= 4 is 24.8 Å². The van der Waals surface area contributed by atoms with Crippen LogP contribution in [0.4, 0.5) is 4.79 Å². The van der Waals surface area contributed by atoms with Crippen LogP contribution < -0.4 is 15.7 Å². The third kappa shape index (κ3) is 4.71. The first-order valence-electron chi connectivity index (χ1n) is 10.2. The van der Waals surface area contributed by atoms with Gasteiger partial charge >= 0.3 is 6.09 Å². The summed E-state index contributed by atoms with van der Waals surface area (Å²) in [4.78, 5) is 11.2. The third-order valence-corrected chi connectivity index (χ3v) is 10.6. The Balaban J connectivity index is 1.98. The molecule has 6 heteroatoms. The number of carboxylic acid groups (broad SMARTS) is 1. The summed E-state index contributed by atoms with van der Waals surface area (Å²) in [5, 5.41) is 14.1. The fourth-order valence-corrected chi connectivity index (χ4v) is 8.87. The van der Waals surface area contributed by atoms with E-state index in [1.54, 1.807) is 0 Å². The van der Waals surface area contributed by atoms with E-state index in [9.17, 15) is 9.90 Å². The Morgan fingerprint density at radius 3 is 2.14 bits per heavy atom. The van der Waals surface area contributed by atoms with Crippen molar-refractivity contribution in [1.29, 1.82) is 0 Å². The smallest absolute Gasteiger partial charge is 0.404 e. The lowest BCUT2D eigenvalue weighted by molar-refractivity contribution is -0.0337. The topological polar surface area (TPSA) is 67.8 Å². The van der Waals surface area contributed by atoms with Crippen LogP contribution in [0.3, 0.4) is 0 Å². The summed E-state index contributed by atoms with van der Waals surface area (Å²) >= 11 is 0. The van der Waals surface area contributed by atoms with E-state index in [-0.39, 0.29) is 17.2 Å². The van der Waals surface area contributed by atoms with Gasteiger partial charge in [0.05, 0.1) is 18.8 Å². The summed E-state index contributed by atoms with van der Waals surface area (Å²) in [6.07, 6.45) is 0.305. The quantitative estimate of drug-likeness (QED) is 0.713. The molecule has 1 aliphatic rings. The summed E-state index contributed by atoms with van der Waals surface area (Å²) in [6.45, 7) is 7.68. The summed E-state index contributed by atoms with van der Waals surface area (Å²) in [6, 6.07) is 20.6. The molecule has 0 radical (unpaired) electrons. The zero-order valence-electron chi connectivity index (χ0n) is 17.4. The highest BCUT2D eigenvalue weighted by molar-refractivity contribution is 6.99. The number of hydrogen-bond acceptors (Lipinski definition) is 3. The molecule has 1 fully saturated rings. The average molecular weight is 414 g/mol. The van der Waals surface area contributed by atoms with Gasteiger partial charge in [-0.2, -0.15) is 0 Å². The van der Waals surface area contributed by atoms with Gasteiger partial charge in [0, 0.05) is 6.61 Å². The molecule has 2 aromatic carbocycles. The summed E-state index contributed by atoms with van der Waals surface area (Å²) in [5.41, 5.74) is 0. The van der Waals surface area contributed by atoms with Gasteiger partial charge < -0.3 is 19.6 Å². The van der Waals surface area contributed by atoms with Crippen molar-refractivity contribution in [1.82, 2.24) is 5.32 Å². The van der Waals surface area contributed by atoms with Crippen LogP contribution in [0.5, 0.6) is 0 Å². The van der Waals surface area contributed by atoms with Crippen LogP contribution >= 0.6 is 0 Å². The van der Waals surface area contributed by atoms with Gasteiger partial charge in [0.1, 0.15) is 0 Å². The molecule has 0 saturated carbocycles. The molecule has 1 saturated heterocycles. The Morgan fingerprint density at radius 1 is 1.10 bits per heavy atom. The standard InChI is InChI=1S/C23H31NO4Si/c1-23(2,3)29(18-11-6-4-7-12-18,19-13-8-5-9-14-19)28-17-21-20(24-22(25)26)15-10-16-27-21/h4-9,11-14,20-21,24H,10,15-17H2,1-3H3,(H,25,26). The van der Waals surface area contributed by atoms with Crippen LogP contribution in [0, 0.1) is 0 Å². The van der Waals surface area contributed by atoms with E-state index in [1.807, 2.05) is 12.1 Å². The highest BCUT2D eigenvalue weighted by atomic mass is 28.4. The van der Waals surface area contributed by atoms with Crippen molar-refractivity contribution in [2.75, 3.05) is 13.2 Å². The van der Waals surface area contributed by atoms with Crippen LogP contribution in [-0.2, 0) is 9.16 Å². The van der Waals surface area contributed by atoms with Gasteiger partial charge in [-0.05, 0) is 28.3 Å². The summed E-state index contributed by atoms with van der Waals surface area (Å²) in [5.74, 6) is 0. The Morgan fingerprint density at radius 2 is 1.66 bits per heavy atom. The molecule has 0 spiro atoms. The van der Waals surface area contributed by atoms with E-state index in [0.717, 1.165) is 12.8 Å². The van der Waals surface area contributed by atoms with Crippen molar-refractivity contribution in [3.63, 3.8) is 0 Å². The summed E-state index contributed by atoms with van der Waals surface area (Å²) < 4.78 is 12.8. The number of hydrogen-bond donors (Lipinski definition) is 2. The fraction of sp³-hybridized carbons (Fsp3) is 0.435. The monoisotopic (exact) mass is 413 g/mol. The average Bonchev–Trinajstić information content (AvgIpc) is 2.70. The van der Waals surface area contributed by atoms with E-state index in [0.29, 0.717) is 13.2 Å². The van der Waals surface area contributed by atoms with Crippen molar-refractivity contribution in [3.05, 3.63) is 60.7 Å². The molecule has 1 heterocycles. The predicted octanol–water partition coefficient (Wildman–Crippen LogP) is 3.38. The molecule has 2 N–H and O–H groups in total. The second-order valence-corrected chi connectivity index (χ2v) is 12.9. The maximum absolute atomic E-state index is 11.2. The number of ether oxygens (including phenoxy) is 1. The van der Waals surface area contributed by atoms with Crippen LogP contribution in [0.15, 0.2) is 60.7 Å². The molecular formula is C23H31NO4Si. The number of carbonyl (C=O) groups is 1. The molecule has 5 nitrogen and oxygen atoms in total. The molecule has 0 aromatic heterocycles. The van der Waals surface area contributed by atoms with Gasteiger partial charge in [-0.15, -0.1) is 0 Å². The minimum absolute atomic E-state index is 0.125. The third-order valence-electron chi connectivity index (χ3n) is 5.63.